The van der Waals surface area contributed by atoms with Crippen molar-refractivity contribution in [2.24, 2.45) is 0 Å². The molecule has 4 rings (SSSR count). The van der Waals surface area contributed by atoms with Crippen molar-refractivity contribution in [3.05, 3.63) is 46.4 Å². The van der Waals surface area contributed by atoms with Crippen LogP contribution in [-0.2, 0) is 11.3 Å². The van der Waals surface area contributed by atoms with Gasteiger partial charge < -0.3 is 20.1 Å². The van der Waals surface area contributed by atoms with E-state index in [1.54, 1.807) is 6.07 Å². The Kier molecular flexibility index (Phi) is 7.35. The van der Waals surface area contributed by atoms with Crippen LogP contribution in [0.15, 0.2) is 40.9 Å². The highest BCUT2D eigenvalue weighted by Crippen LogP contribution is 2.38. The summed E-state index contributed by atoms with van der Waals surface area (Å²) >= 11 is 3.50. The molecule has 1 heterocycles. The minimum Gasteiger partial charge on any atom is -0.486 e. The molecule has 1 aliphatic heterocycles. The molecule has 2 aliphatic rings. The molecule has 6 nitrogen and oxygen atoms in total. The zero-order chi connectivity index (χ0) is 21.6. The Bertz CT molecular complexity index is 915. The van der Waals surface area contributed by atoms with E-state index in [4.69, 9.17) is 9.47 Å². The average molecular weight is 488 g/mol. The second-order valence-electron chi connectivity index (χ2n) is 8.24. The highest BCUT2D eigenvalue weighted by Gasteiger charge is 2.19. The lowest BCUT2D eigenvalue weighted by molar-refractivity contribution is -0.114. The molecule has 7 heteroatoms. The number of nitrogens with one attached hydrogen (secondary N) is 2. The van der Waals surface area contributed by atoms with Crippen molar-refractivity contribution < 1.29 is 14.3 Å². The molecule has 0 atom stereocenters. The quantitative estimate of drug-likeness (QED) is 0.572. The maximum Gasteiger partial charge on any atom is 0.243 e. The van der Waals surface area contributed by atoms with Crippen LogP contribution in [0.1, 0.15) is 37.7 Å². The van der Waals surface area contributed by atoms with Gasteiger partial charge in [-0.25, -0.2) is 0 Å². The van der Waals surface area contributed by atoms with E-state index in [0.717, 1.165) is 16.7 Å². The number of rotatable bonds is 7. The third-order valence-electron chi connectivity index (χ3n) is 5.98. The number of hydrogen-bond donors (Lipinski definition) is 2. The van der Waals surface area contributed by atoms with Gasteiger partial charge in [-0.1, -0.05) is 37.5 Å². The molecule has 166 valence electrons. The number of carbonyl (C=O) groups excluding carboxylic acids is 1. The van der Waals surface area contributed by atoms with Crippen LogP contribution in [-0.4, -0.2) is 43.7 Å². The Labute approximate surface area is 192 Å². The molecule has 31 heavy (non-hydrogen) atoms. The minimum absolute atomic E-state index is 0.118. The van der Waals surface area contributed by atoms with Crippen LogP contribution in [0.3, 0.4) is 0 Å². The molecular weight excluding hydrogens is 458 g/mol. The van der Waals surface area contributed by atoms with Gasteiger partial charge in [-0.15, -0.1) is 0 Å². The molecule has 2 N–H and O–H groups in total. The van der Waals surface area contributed by atoms with Crippen LogP contribution in [0.2, 0.25) is 0 Å². The van der Waals surface area contributed by atoms with Crippen molar-refractivity contribution >= 4 is 33.2 Å². The van der Waals surface area contributed by atoms with Gasteiger partial charge in [0.25, 0.3) is 0 Å². The van der Waals surface area contributed by atoms with Crippen LogP contribution < -0.4 is 20.1 Å². The summed E-state index contributed by atoms with van der Waals surface area (Å²) in [6.45, 7) is 2.11. The number of fused-ring (bicyclic) bond motifs is 1. The summed E-state index contributed by atoms with van der Waals surface area (Å²) in [6, 6.07) is 12.5. The number of ether oxygens (including phenoxy) is 2. The third-order valence-corrected chi connectivity index (χ3v) is 6.64. The van der Waals surface area contributed by atoms with E-state index in [-0.39, 0.29) is 12.5 Å². The molecule has 2 aromatic rings. The van der Waals surface area contributed by atoms with E-state index < -0.39 is 0 Å². The van der Waals surface area contributed by atoms with Crippen molar-refractivity contribution in [3.63, 3.8) is 0 Å². The number of benzene rings is 2. The molecule has 0 saturated heterocycles. The number of anilines is 2. The number of para-hydroxylation sites is 1. The van der Waals surface area contributed by atoms with Crippen LogP contribution in [0.5, 0.6) is 11.5 Å². The van der Waals surface area contributed by atoms with E-state index in [1.807, 2.05) is 18.2 Å². The molecule has 0 spiro atoms. The van der Waals surface area contributed by atoms with Gasteiger partial charge in [0.1, 0.15) is 13.2 Å². The number of carbonyl (C=O) groups is 1. The summed E-state index contributed by atoms with van der Waals surface area (Å²) in [7, 11) is 2.21. The third kappa shape index (κ3) is 5.71. The summed E-state index contributed by atoms with van der Waals surface area (Å²) in [5.74, 6) is 1.21. The highest BCUT2D eigenvalue weighted by atomic mass is 79.9. The maximum absolute atomic E-state index is 12.6. The lowest BCUT2D eigenvalue weighted by Crippen LogP contribution is -2.33. The van der Waals surface area contributed by atoms with Gasteiger partial charge >= 0.3 is 0 Å². The van der Waals surface area contributed by atoms with Gasteiger partial charge in [-0.3, -0.25) is 9.69 Å². The highest BCUT2D eigenvalue weighted by molar-refractivity contribution is 9.10. The predicted molar refractivity (Wildman–Crippen MR) is 127 cm³/mol. The summed E-state index contributed by atoms with van der Waals surface area (Å²) in [6.07, 6.45) is 6.56. The molecule has 1 amide bonds. The van der Waals surface area contributed by atoms with Crippen molar-refractivity contribution in [1.29, 1.82) is 0 Å². The normalized spacial score (nSPS) is 16.2. The first-order chi connectivity index (χ1) is 15.1. The Morgan fingerprint density at radius 2 is 1.77 bits per heavy atom. The van der Waals surface area contributed by atoms with Gasteiger partial charge in [0.05, 0.1) is 12.2 Å². The van der Waals surface area contributed by atoms with Crippen LogP contribution in [0.25, 0.3) is 0 Å². The standard InChI is InChI=1S/C24H30BrN3O3/c1-28(18-8-3-2-4-9-18)16-17-7-5-6-10-20(17)26-15-24(29)27-21-14-23-22(13-19(21)25)30-11-12-31-23/h5-7,10,13-14,18,26H,2-4,8-9,11-12,15-16H2,1H3,(H,27,29). The first-order valence-electron chi connectivity index (χ1n) is 11.0. The van der Waals surface area contributed by atoms with E-state index >= 15 is 0 Å². The Hall–Kier alpha value is -2.25. The van der Waals surface area contributed by atoms with E-state index in [1.165, 1.54) is 37.7 Å². The van der Waals surface area contributed by atoms with E-state index in [2.05, 4.69) is 50.6 Å². The molecule has 1 fully saturated rings. The minimum atomic E-state index is -0.118. The van der Waals surface area contributed by atoms with E-state index in [9.17, 15) is 4.79 Å². The predicted octanol–water partition coefficient (Wildman–Crippen LogP) is 5.04. The Morgan fingerprint density at radius 3 is 2.55 bits per heavy atom. The average Bonchev–Trinajstić information content (AvgIpc) is 2.79. The van der Waals surface area contributed by atoms with Gasteiger partial charge in [0, 0.05) is 34.9 Å². The zero-order valence-electron chi connectivity index (χ0n) is 18.0. The van der Waals surface area contributed by atoms with Crippen LogP contribution >= 0.6 is 15.9 Å². The fourth-order valence-corrected chi connectivity index (χ4v) is 4.70. The van der Waals surface area contributed by atoms with Crippen molar-refractivity contribution in [1.82, 2.24) is 4.90 Å². The molecule has 0 unspecified atom stereocenters. The van der Waals surface area contributed by atoms with Crippen molar-refractivity contribution in [2.45, 2.75) is 44.7 Å². The van der Waals surface area contributed by atoms with Crippen molar-refractivity contribution in [3.8, 4) is 11.5 Å². The Balaban J connectivity index is 1.35. The second kappa shape index (κ2) is 10.4. The first kappa shape index (κ1) is 22.0. The fourth-order valence-electron chi connectivity index (χ4n) is 4.28. The summed E-state index contributed by atoms with van der Waals surface area (Å²) in [4.78, 5) is 15.1. The molecule has 2 aromatic carbocycles. The number of nitrogens with zero attached hydrogens (tertiary/aromatic N) is 1. The lowest BCUT2D eigenvalue weighted by Gasteiger charge is -2.31. The lowest BCUT2D eigenvalue weighted by atomic mass is 9.94. The van der Waals surface area contributed by atoms with Crippen LogP contribution in [0.4, 0.5) is 11.4 Å². The molecule has 1 saturated carbocycles. The molecule has 1 aliphatic carbocycles. The van der Waals surface area contributed by atoms with E-state index in [0.29, 0.717) is 36.4 Å². The SMILES string of the molecule is CN(Cc1ccccc1NCC(=O)Nc1cc2c(cc1Br)OCCO2)C1CCCCC1. The topological polar surface area (TPSA) is 62.8 Å². The summed E-state index contributed by atoms with van der Waals surface area (Å²) in [5, 5.41) is 6.26. The second-order valence-corrected chi connectivity index (χ2v) is 9.10. The van der Waals surface area contributed by atoms with Crippen LogP contribution in [0, 0.1) is 0 Å². The number of amides is 1. The number of hydrogen-bond acceptors (Lipinski definition) is 5. The molecule has 0 aromatic heterocycles. The Morgan fingerprint density at radius 1 is 1.06 bits per heavy atom. The largest absolute Gasteiger partial charge is 0.486 e. The molecular formula is C24H30BrN3O3. The maximum atomic E-state index is 12.6. The van der Waals surface area contributed by atoms with Gasteiger partial charge in [0.2, 0.25) is 5.91 Å². The summed E-state index contributed by atoms with van der Waals surface area (Å²) in [5.41, 5.74) is 2.88. The zero-order valence-corrected chi connectivity index (χ0v) is 19.5. The molecule has 0 radical (unpaired) electrons. The van der Waals surface area contributed by atoms with Gasteiger partial charge in [-0.2, -0.15) is 0 Å². The number of halogens is 1. The fraction of sp³-hybridized carbons (Fsp3) is 0.458. The molecule has 0 bridgehead atoms. The monoisotopic (exact) mass is 487 g/mol. The smallest absolute Gasteiger partial charge is 0.243 e. The van der Waals surface area contributed by atoms with Gasteiger partial charge in [0.15, 0.2) is 11.5 Å². The van der Waals surface area contributed by atoms with Gasteiger partial charge in [-0.05, 0) is 47.4 Å². The first-order valence-corrected chi connectivity index (χ1v) is 11.8. The summed E-state index contributed by atoms with van der Waals surface area (Å²) < 4.78 is 12.0. The van der Waals surface area contributed by atoms with Crippen molar-refractivity contribution in [2.75, 3.05) is 37.4 Å².